The van der Waals surface area contributed by atoms with E-state index in [4.69, 9.17) is 0 Å². The van der Waals surface area contributed by atoms with Gasteiger partial charge in [0, 0.05) is 23.7 Å². The van der Waals surface area contributed by atoms with E-state index in [2.05, 4.69) is 15.6 Å². The van der Waals surface area contributed by atoms with Crippen LogP contribution in [0.4, 0.5) is 18.0 Å². The molecule has 0 aliphatic rings. The quantitative estimate of drug-likeness (QED) is 0.465. The number of halogens is 3. The number of aromatic amines is 1. The number of rotatable bonds is 7. The Hall–Kier alpha value is -3.00. The standard InChI is InChI=1S/C22H24F3N3O2/c1-12(2)19(11-29)27-22(30)26-8-7-16-17-9-15(24)10-18(25)21(17)28-20(16)13-3-5-14(23)6-4-13/h3-6,9-10,12,19,28-29H,7-8,11H2,1-2H3,(H2,26,27,30)/t19-/m1/s1. The molecule has 0 spiro atoms. The molecule has 0 saturated heterocycles. The summed E-state index contributed by atoms with van der Waals surface area (Å²) < 4.78 is 41.5. The van der Waals surface area contributed by atoms with Crippen LogP contribution in [0.3, 0.4) is 0 Å². The number of aliphatic hydroxyl groups excluding tert-OH is 1. The zero-order valence-corrected chi connectivity index (χ0v) is 16.7. The van der Waals surface area contributed by atoms with Gasteiger partial charge in [0.2, 0.25) is 0 Å². The highest BCUT2D eigenvalue weighted by atomic mass is 19.1. The third-order valence-corrected chi connectivity index (χ3v) is 5.04. The first-order valence-corrected chi connectivity index (χ1v) is 9.71. The molecule has 0 fully saturated rings. The van der Waals surface area contributed by atoms with Crippen molar-refractivity contribution in [2.75, 3.05) is 13.2 Å². The predicted molar refractivity (Wildman–Crippen MR) is 110 cm³/mol. The fraction of sp³-hybridized carbons (Fsp3) is 0.318. The Balaban J connectivity index is 1.85. The number of benzene rings is 2. The second-order valence-electron chi connectivity index (χ2n) is 7.48. The summed E-state index contributed by atoms with van der Waals surface area (Å²) in [6.07, 6.45) is 0.286. The van der Waals surface area contributed by atoms with Crippen molar-refractivity contribution < 1.29 is 23.1 Å². The number of carbonyl (C=O) groups is 1. The molecule has 1 aromatic heterocycles. The van der Waals surface area contributed by atoms with Crippen molar-refractivity contribution in [2.24, 2.45) is 5.92 Å². The number of amides is 2. The molecule has 4 N–H and O–H groups in total. The summed E-state index contributed by atoms with van der Waals surface area (Å²) in [7, 11) is 0. The van der Waals surface area contributed by atoms with Gasteiger partial charge in [0.15, 0.2) is 0 Å². The van der Waals surface area contributed by atoms with Gasteiger partial charge in [-0.15, -0.1) is 0 Å². The van der Waals surface area contributed by atoms with E-state index < -0.39 is 23.5 Å². The molecule has 8 heteroatoms. The molecule has 2 amide bonds. The molecule has 0 aliphatic heterocycles. The topological polar surface area (TPSA) is 77.2 Å². The molecule has 3 rings (SSSR count). The van der Waals surface area contributed by atoms with Crippen molar-refractivity contribution in [3.05, 3.63) is 59.4 Å². The number of hydrogen-bond donors (Lipinski definition) is 4. The van der Waals surface area contributed by atoms with E-state index in [1.165, 1.54) is 18.2 Å². The van der Waals surface area contributed by atoms with Crippen LogP contribution in [-0.4, -0.2) is 35.3 Å². The van der Waals surface area contributed by atoms with Gasteiger partial charge in [-0.2, -0.15) is 0 Å². The Morgan fingerprint density at radius 2 is 1.80 bits per heavy atom. The first-order chi connectivity index (χ1) is 14.3. The van der Waals surface area contributed by atoms with Crippen LogP contribution in [0.2, 0.25) is 0 Å². The molecule has 0 unspecified atom stereocenters. The minimum atomic E-state index is -0.729. The van der Waals surface area contributed by atoms with Crippen molar-refractivity contribution in [3.8, 4) is 11.3 Å². The molecule has 3 aromatic rings. The molecule has 0 bridgehead atoms. The van der Waals surface area contributed by atoms with Gasteiger partial charge < -0.3 is 20.7 Å². The molecule has 1 heterocycles. The lowest BCUT2D eigenvalue weighted by molar-refractivity contribution is 0.198. The first-order valence-electron chi connectivity index (χ1n) is 9.71. The normalized spacial score (nSPS) is 12.4. The SMILES string of the molecule is CC(C)[C@@H](CO)NC(=O)NCCc1c(-c2ccc(F)cc2)[nH]c2c(F)cc(F)cc12. The van der Waals surface area contributed by atoms with Crippen molar-refractivity contribution >= 4 is 16.9 Å². The van der Waals surface area contributed by atoms with Gasteiger partial charge >= 0.3 is 6.03 Å². The molecular weight excluding hydrogens is 395 g/mol. The summed E-state index contributed by atoms with van der Waals surface area (Å²) in [5.41, 5.74) is 1.91. The maximum absolute atomic E-state index is 14.3. The molecule has 160 valence electrons. The number of urea groups is 1. The van der Waals surface area contributed by atoms with E-state index in [-0.39, 0.29) is 37.0 Å². The highest BCUT2D eigenvalue weighted by Gasteiger charge is 2.18. The Bertz CT molecular complexity index is 1030. The van der Waals surface area contributed by atoms with Crippen LogP contribution in [0.5, 0.6) is 0 Å². The van der Waals surface area contributed by atoms with Crippen molar-refractivity contribution in [2.45, 2.75) is 26.3 Å². The average molecular weight is 419 g/mol. The minimum absolute atomic E-state index is 0.0606. The van der Waals surface area contributed by atoms with E-state index in [9.17, 15) is 23.1 Å². The van der Waals surface area contributed by atoms with Crippen molar-refractivity contribution in [1.82, 2.24) is 15.6 Å². The predicted octanol–water partition coefficient (Wildman–Crippen LogP) is 4.11. The third-order valence-electron chi connectivity index (χ3n) is 5.04. The largest absolute Gasteiger partial charge is 0.394 e. The zero-order chi connectivity index (χ0) is 21.8. The fourth-order valence-electron chi connectivity index (χ4n) is 3.34. The molecular formula is C22H24F3N3O2. The summed E-state index contributed by atoms with van der Waals surface area (Å²) in [5.74, 6) is -1.78. The number of fused-ring (bicyclic) bond motifs is 1. The summed E-state index contributed by atoms with van der Waals surface area (Å²) in [6.45, 7) is 3.78. The van der Waals surface area contributed by atoms with Crippen LogP contribution < -0.4 is 10.6 Å². The van der Waals surface area contributed by atoms with Crippen LogP contribution in [0.1, 0.15) is 19.4 Å². The highest BCUT2D eigenvalue weighted by Crippen LogP contribution is 2.32. The lowest BCUT2D eigenvalue weighted by atomic mass is 10.0. The molecule has 5 nitrogen and oxygen atoms in total. The molecule has 0 radical (unpaired) electrons. The van der Waals surface area contributed by atoms with E-state index in [1.807, 2.05) is 13.8 Å². The second-order valence-corrected chi connectivity index (χ2v) is 7.48. The fourth-order valence-corrected chi connectivity index (χ4v) is 3.34. The lowest BCUT2D eigenvalue weighted by Crippen LogP contribution is -2.46. The Kier molecular flexibility index (Phi) is 6.66. The number of H-pyrrole nitrogens is 1. The molecule has 1 atom stereocenters. The van der Waals surface area contributed by atoms with Crippen LogP contribution >= 0.6 is 0 Å². The number of nitrogens with one attached hydrogen (secondary N) is 3. The van der Waals surface area contributed by atoms with Gasteiger partial charge in [0.05, 0.1) is 18.2 Å². The molecule has 30 heavy (non-hydrogen) atoms. The third kappa shape index (κ3) is 4.76. The van der Waals surface area contributed by atoms with Gasteiger partial charge in [0.1, 0.15) is 17.5 Å². The Labute approximate surface area is 172 Å². The van der Waals surface area contributed by atoms with Gasteiger partial charge in [0.25, 0.3) is 0 Å². The number of carbonyl (C=O) groups excluding carboxylic acids is 1. The zero-order valence-electron chi connectivity index (χ0n) is 16.7. The highest BCUT2D eigenvalue weighted by molar-refractivity contribution is 5.91. The second kappa shape index (κ2) is 9.21. The van der Waals surface area contributed by atoms with Crippen molar-refractivity contribution in [1.29, 1.82) is 0 Å². The average Bonchev–Trinajstić information content (AvgIpc) is 3.05. The van der Waals surface area contributed by atoms with Gasteiger partial charge in [-0.1, -0.05) is 13.8 Å². The summed E-state index contributed by atoms with van der Waals surface area (Å²) in [5, 5.41) is 15.1. The Morgan fingerprint density at radius 1 is 1.10 bits per heavy atom. The molecule has 0 aliphatic carbocycles. The van der Waals surface area contributed by atoms with Crippen LogP contribution in [0.15, 0.2) is 36.4 Å². The van der Waals surface area contributed by atoms with Gasteiger partial charge in [-0.3, -0.25) is 0 Å². The lowest BCUT2D eigenvalue weighted by Gasteiger charge is -2.20. The van der Waals surface area contributed by atoms with Crippen LogP contribution in [0.25, 0.3) is 22.2 Å². The van der Waals surface area contributed by atoms with E-state index in [1.54, 1.807) is 12.1 Å². The number of aliphatic hydroxyl groups is 1. The maximum atomic E-state index is 14.3. The van der Waals surface area contributed by atoms with Crippen LogP contribution in [0, 0.1) is 23.4 Å². The van der Waals surface area contributed by atoms with Crippen LogP contribution in [-0.2, 0) is 6.42 Å². The maximum Gasteiger partial charge on any atom is 0.315 e. The number of aromatic nitrogens is 1. The molecule has 2 aromatic carbocycles. The summed E-state index contributed by atoms with van der Waals surface area (Å²) >= 11 is 0. The van der Waals surface area contributed by atoms with Crippen molar-refractivity contribution in [3.63, 3.8) is 0 Å². The minimum Gasteiger partial charge on any atom is -0.394 e. The smallest absolute Gasteiger partial charge is 0.315 e. The van der Waals surface area contributed by atoms with E-state index in [0.29, 0.717) is 22.2 Å². The molecule has 0 saturated carbocycles. The van der Waals surface area contributed by atoms with E-state index >= 15 is 0 Å². The van der Waals surface area contributed by atoms with Gasteiger partial charge in [-0.05, 0) is 53.8 Å². The van der Waals surface area contributed by atoms with Gasteiger partial charge in [-0.25, -0.2) is 18.0 Å². The summed E-state index contributed by atoms with van der Waals surface area (Å²) in [4.78, 5) is 15.1. The number of hydrogen-bond acceptors (Lipinski definition) is 2. The Morgan fingerprint density at radius 3 is 2.43 bits per heavy atom. The monoisotopic (exact) mass is 419 g/mol. The first kappa shape index (κ1) is 21.7. The van der Waals surface area contributed by atoms with E-state index in [0.717, 1.165) is 6.07 Å². The summed E-state index contributed by atoms with van der Waals surface area (Å²) in [6, 6.07) is 6.88.